The van der Waals surface area contributed by atoms with Gasteiger partial charge < -0.3 is 5.32 Å². The first kappa shape index (κ1) is 12.5. The van der Waals surface area contributed by atoms with Gasteiger partial charge in [0.25, 0.3) is 0 Å². The van der Waals surface area contributed by atoms with Crippen molar-refractivity contribution in [3.8, 4) is 11.3 Å². The van der Waals surface area contributed by atoms with Crippen molar-refractivity contribution in [3.63, 3.8) is 0 Å². The maximum Gasteiger partial charge on any atom is 0.160 e. The van der Waals surface area contributed by atoms with Gasteiger partial charge >= 0.3 is 0 Å². The average molecular weight is 275 g/mol. The van der Waals surface area contributed by atoms with Gasteiger partial charge in [-0.2, -0.15) is 0 Å². The number of rotatable bonds is 2. The number of aryl methyl sites for hydroxylation is 1. The van der Waals surface area contributed by atoms with Crippen LogP contribution in [0.25, 0.3) is 16.8 Å². The van der Waals surface area contributed by atoms with E-state index in [-0.39, 0.29) is 0 Å². The molecule has 2 aromatic rings. The Labute approximate surface area is 124 Å². The highest BCUT2D eigenvalue weighted by molar-refractivity contribution is 5.79. The van der Waals surface area contributed by atoms with E-state index >= 15 is 0 Å². The van der Waals surface area contributed by atoms with Crippen molar-refractivity contribution in [2.75, 3.05) is 6.54 Å². The van der Waals surface area contributed by atoms with Gasteiger partial charge in [-0.15, -0.1) is 0 Å². The lowest BCUT2D eigenvalue weighted by Crippen LogP contribution is -2.26. The van der Waals surface area contributed by atoms with E-state index in [0.717, 1.165) is 36.6 Å². The van der Waals surface area contributed by atoms with Crippen LogP contribution in [0.1, 0.15) is 22.6 Å². The molecule has 0 atom stereocenters. The summed E-state index contributed by atoms with van der Waals surface area (Å²) in [5.74, 6) is 0.855. The van der Waals surface area contributed by atoms with Crippen LogP contribution in [0, 0.1) is 6.92 Å². The maximum absolute atomic E-state index is 4.84. The van der Waals surface area contributed by atoms with Crippen molar-refractivity contribution in [3.05, 3.63) is 65.1 Å². The van der Waals surface area contributed by atoms with Gasteiger partial charge in [0.15, 0.2) is 5.82 Å². The molecule has 2 heterocycles. The van der Waals surface area contributed by atoms with Gasteiger partial charge in [-0.1, -0.05) is 48.1 Å². The molecule has 1 N–H and O–H groups in total. The zero-order chi connectivity index (χ0) is 14.2. The lowest BCUT2D eigenvalue weighted by atomic mass is 9.98. The van der Waals surface area contributed by atoms with Gasteiger partial charge in [0.2, 0.25) is 0 Å². The number of aromatic nitrogens is 2. The Morgan fingerprint density at radius 2 is 1.90 bits per heavy atom. The van der Waals surface area contributed by atoms with Crippen LogP contribution in [0.15, 0.2) is 42.5 Å². The number of benzene rings is 1. The molecule has 2 aliphatic rings. The number of allylic oxidation sites excluding steroid dienone is 4. The van der Waals surface area contributed by atoms with Crippen molar-refractivity contribution in [2.24, 2.45) is 0 Å². The van der Waals surface area contributed by atoms with Gasteiger partial charge in [-0.3, -0.25) is 0 Å². The van der Waals surface area contributed by atoms with Gasteiger partial charge in [0.1, 0.15) is 0 Å². The first-order chi connectivity index (χ1) is 10.3. The topological polar surface area (TPSA) is 37.8 Å². The minimum absolute atomic E-state index is 0.855. The number of fused-ring (bicyclic) bond motifs is 1. The first-order valence-electron chi connectivity index (χ1n) is 7.37. The molecule has 0 unspecified atom stereocenters. The molecule has 0 fully saturated rings. The highest BCUT2D eigenvalue weighted by Crippen LogP contribution is 2.29. The maximum atomic E-state index is 4.84. The second-order valence-corrected chi connectivity index (χ2v) is 5.59. The summed E-state index contributed by atoms with van der Waals surface area (Å²) in [6.45, 7) is 3.95. The molecule has 3 nitrogen and oxygen atoms in total. The van der Waals surface area contributed by atoms with Crippen molar-refractivity contribution in [2.45, 2.75) is 19.9 Å². The fraction of sp³-hybridized carbons (Fsp3) is 0.222. The minimum Gasteiger partial charge on any atom is -0.312 e. The van der Waals surface area contributed by atoms with E-state index in [1.807, 2.05) is 6.08 Å². The number of hydrogen-bond acceptors (Lipinski definition) is 3. The smallest absolute Gasteiger partial charge is 0.160 e. The molecule has 0 spiro atoms. The standard InChI is InChI=1S/C18H17N3/c1-12-5-7-13(8-6-12)17-15-11-19-10-9-16(15)20-18(21-17)14-3-2-4-14/h2-8,19H,9-11H2,1H3. The molecule has 1 aromatic carbocycles. The monoisotopic (exact) mass is 275 g/mol. The molecule has 3 heteroatoms. The Morgan fingerprint density at radius 3 is 2.62 bits per heavy atom. The third-order valence-electron chi connectivity index (χ3n) is 4.07. The second kappa shape index (κ2) is 4.93. The van der Waals surface area contributed by atoms with Gasteiger partial charge in [-0.25, -0.2) is 9.97 Å². The summed E-state index contributed by atoms with van der Waals surface area (Å²) in [7, 11) is 0. The van der Waals surface area contributed by atoms with Crippen LogP contribution in [-0.4, -0.2) is 16.5 Å². The van der Waals surface area contributed by atoms with Crippen LogP contribution in [0.5, 0.6) is 0 Å². The van der Waals surface area contributed by atoms with Crippen LogP contribution in [-0.2, 0) is 13.0 Å². The van der Waals surface area contributed by atoms with Crippen LogP contribution >= 0.6 is 0 Å². The molecule has 0 amide bonds. The summed E-state index contributed by atoms with van der Waals surface area (Å²) >= 11 is 0. The summed E-state index contributed by atoms with van der Waals surface area (Å²) in [6, 6.07) is 8.59. The van der Waals surface area contributed by atoms with E-state index in [9.17, 15) is 0 Å². The van der Waals surface area contributed by atoms with E-state index < -0.39 is 0 Å². The van der Waals surface area contributed by atoms with E-state index in [2.05, 4.69) is 48.7 Å². The molecule has 4 rings (SSSR count). The summed E-state index contributed by atoms with van der Waals surface area (Å²) in [6.07, 6.45) is 7.15. The summed E-state index contributed by atoms with van der Waals surface area (Å²) in [4.78, 5) is 9.61. The van der Waals surface area contributed by atoms with Gasteiger partial charge in [0.05, 0.1) is 11.4 Å². The fourth-order valence-electron chi connectivity index (χ4n) is 2.76. The third kappa shape index (κ3) is 2.20. The molecule has 104 valence electrons. The number of hydrogen-bond donors (Lipinski definition) is 1. The second-order valence-electron chi connectivity index (χ2n) is 5.59. The molecule has 1 aliphatic heterocycles. The quantitative estimate of drug-likeness (QED) is 0.915. The van der Waals surface area contributed by atoms with Gasteiger partial charge in [-0.05, 0) is 6.92 Å². The van der Waals surface area contributed by atoms with E-state index in [4.69, 9.17) is 9.97 Å². The summed E-state index contributed by atoms with van der Waals surface area (Å²) < 4.78 is 0. The zero-order valence-electron chi connectivity index (χ0n) is 12.1. The van der Waals surface area contributed by atoms with E-state index in [0.29, 0.717) is 0 Å². The third-order valence-corrected chi connectivity index (χ3v) is 4.07. The Bertz CT molecular complexity index is 755. The van der Waals surface area contributed by atoms with E-state index in [1.165, 1.54) is 22.4 Å². The number of nitrogens with one attached hydrogen (secondary N) is 1. The van der Waals surface area contributed by atoms with Crippen molar-refractivity contribution < 1.29 is 0 Å². The first-order valence-corrected chi connectivity index (χ1v) is 7.37. The van der Waals surface area contributed by atoms with Crippen LogP contribution in [0.4, 0.5) is 0 Å². The van der Waals surface area contributed by atoms with Crippen molar-refractivity contribution in [1.29, 1.82) is 0 Å². The lowest BCUT2D eigenvalue weighted by Gasteiger charge is -2.21. The largest absolute Gasteiger partial charge is 0.312 e. The molecule has 0 saturated heterocycles. The van der Waals surface area contributed by atoms with Crippen molar-refractivity contribution in [1.82, 2.24) is 15.3 Å². The molecule has 21 heavy (non-hydrogen) atoms. The summed E-state index contributed by atoms with van der Waals surface area (Å²) in [5, 5.41) is 3.43. The fourth-order valence-corrected chi connectivity index (χ4v) is 2.76. The van der Waals surface area contributed by atoms with Gasteiger partial charge in [0, 0.05) is 36.2 Å². The zero-order valence-corrected chi connectivity index (χ0v) is 12.1. The normalized spacial score (nSPS) is 16.1. The van der Waals surface area contributed by atoms with Crippen LogP contribution in [0.3, 0.4) is 0 Å². The molecule has 0 saturated carbocycles. The molecule has 1 aromatic heterocycles. The predicted octanol–water partition coefficient (Wildman–Crippen LogP) is 3.05. The number of nitrogens with zero attached hydrogens (tertiary/aromatic N) is 2. The molecular weight excluding hydrogens is 258 g/mol. The Morgan fingerprint density at radius 1 is 1.10 bits per heavy atom. The SMILES string of the molecule is Cc1ccc(-c2nc(C3=CC=C3)nc3c2CNCC3)cc1. The Kier molecular flexibility index (Phi) is 2.93. The lowest BCUT2D eigenvalue weighted by molar-refractivity contribution is 0.626. The average Bonchev–Trinajstić information content (AvgIpc) is 2.45. The summed E-state index contributed by atoms with van der Waals surface area (Å²) in [5.41, 5.74) is 7.08. The molecule has 0 bridgehead atoms. The highest BCUT2D eigenvalue weighted by atomic mass is 15.0. The van der Waals surface area contributed by atoms with Crippen LogP contribution < -0.4 is 5.32 Å². The van der Waals surface area contributed by atoms with Crippen molar-refractivity contribution >= 4 is 5.57 Å². The molecular formula is C18H17N3. The molecule has 1 aliphatic carbocycles. The van der Waals surface area contributed by atoms with Crippen LogP contribution in [0.2, 0.25) is 0 Å². The predicted molar refractivity (Wildman–Crippen MR) is 84.7 cm³/mol. The highest BCUT2D eigenvalue weighted by Gasteiger charge is 2.20. The minimum atomic E-state index is 0.855. The Balaban J connectivity index is 1.89. The van der Waals surface area contributed by atoms with E-state index in [1.54, 1.807) is 0 Å². The Hall–Kier alpha value is -2.26. The molecule has 0 radical (unpaired) electrons.